The highest BCUT2D eigenvalue weighted by Gasteiger charge is 2.25. The number of aromatic nitrogens is 2. The van der Waals surface area contributed by atoms with Gasteiger partial charge in [0, 0.05) is 19.1 Å². The lowest BCUT2D eigenvalue weighted by Crippen LogP contribution is -2.45. The molecule has 0 spiro atoms. The van der Waals surface area contributed by atoms with E-state index < -0.39 is 0 Å². The molecule has 1 atom stereocenters. The summed E-state index contributed by atoms with van der Waals surface area (Å²) >= 11 is 0. The van der Waals surface area contributed by atoms with Crippen molar-refractivity contribution in [2.45, 2.75) is 25.3 Å². The first-order valence-electron chi connectivity index (χ1n) is 5.86. The molecule has 0 aliphatic carbocycles. The molecule has 0 bridgehead atoms. The normalized spacial score (nSPS) is 20.4. The number of aromatic amines is 1. The topological polar surface area (TPSA) is 84.2 Å². The Morgan fingerprint density at radius 3 is 3.18 bits per heavy atom. The van der Waals surface area contributed by atoms with Crippen molar-refractivity contribution in [1.29, 1.82) is 0 Å². The second kappa shape index (κ2) is 5.18. The molecular weight excluding hydrogens is 220 g/mol. The Bertz CT molecular complexity index is 432. The maximum absolute atomic E-state index is 11.6. The number of nitrogens with zero attached hydrogens (tertiary/aromatic N) is 2. The van der Waals surface area contributed by atoms with Crippen molar-refractivity contribution in [1.82, 2.24) is 9.97 Å². The van der Waals surface area contributed by atoms with E-state index in [-0.39, 0.29) is 17.4 Å². The number of nitrogens with one attached hydrogen (secondary N) is 1. The highest BCUT2D eigenvalue weighted by Crippen LogP contribution is 2.27. The van der Waals surface area contributed by atoms with E-state index in [1.54, 1.807) is 0 Å². The van der Waals surface area contributed by atoms with Crippen LogP contribution in [-0.2, 0) is 0 Å². The number of methoxy groups -OCH3 is 1. The predicted octanol–water partition coefficient (Wildman–Crippen LogP) is 0.0961. The van der Waals surface area contributed by atoms with E-state index in [0.717, 1.165) is 19.4 Å². The highest BCUT2D eigenvalue weighted by molar-refractivity contribution is 5.51. The molecule has 17 heavy (non-hydrogen) atoms. The minimum Gasteiger partial charge on any atom is -0.489 e. The van der Waals surface area contributed by atoms with E-state index in [2.05, 4.69) is 14.9 Å². The lowest BCUT2D eigenvalue weighted by molar-refractivity contribution is 0.395. The van der Waals surface area contributed by atoms with Crippen LogP contribution in [0.1, 0.15) is 19.3 Å². The summed E-state index contributed by atoms with van der Waals surface area (Å²) in [5, 5.41) is 0. The van der Waals surface area contributed by atoms with Crippen LogP contribution in [0.4, 0.5) is 5.82 Å². The Balaban J connectivity index is 2.37. The van der Waals surface area contributed by atoms with Crippen LogP contribution in [0.2, 0.25) is 0 Å². The molecular formula is C11H18N4O2. The Labute approximate surface area is 99.8 Å². The number of hydrogen-bond acceptors (Lipinski definition) is 5. The van der Waals surface area contributed by atoms with Crippen LogP contribution in [0.25, 0.3) is 0 Å². The molecule has 2 rings (SSSR count). The molecule has 1 aromatic rings. The average molecular weight is 238 g/mol. The summed E-state index contributed by atoms with van der Waals surface area (Å²) in [6, 6.07) is 0.243. The fraction of sp³-hybridized carbons (Fsp3) is 0.636. The van der Waals surface area contributed by atoms with Crippen LogP contribution in [0.5, 0.6) is 5.75 Å². The third kappa shape index (κ3) is 2.26. The summed E-state index contributed by atoms with van der Waals surface area (Å²) in [5.41, 5.74) is 5.51. The molecule has 1 aliphatic rings. The summed E-state index contributed by atoms with van der Waals surface area (Å²) < 4.78 is 5.13. The number of ether oxygens (including phenoxy) is 1. The maximum Gasteiger partial charge on any atom is 0.295 e. The fourth-order valence-electron chi connectivity index (χ4n) is 2.29. The Hall–Kier alpha value is -1.56. The van der Waals surface area contributed by atoms with Gasteiger partial charge in [-0.3, -0.25) is 4.79 Å². The molecule has 1 unspecified atom stereocenters. The van der Waals surface area contributed by atoms with Crippen molar-refractivity contribution in [2.75, 3.05) is 25.1 Å². The fourth-order valence-corrected chi connectivity index (χ4v) is 2.29. The molecule has 94 valence electrons. The minimum absolute atomic E-state index is 0.243. The SMILES string of the molecule is COc1c(N2CCCCC2CN)nc[nH]c1=O. The molecule has 6 nitrogen and oxygen atoms in total. The van der Waals surface area contributed by atoms with Crippen molar-refractivity contribution in [3.8, 4) is 5.75 Å². The molecule has 3 N–H and O–H groups in total. The maximum atomic E-state index is 11.6. The van der Waals surface area contributed by atoms with Gasteiger partial charge in [-0.15, -0.1) is 0 Å². The van der Waals surface area contributed by atoms with Gasteiger partial charge in [0.05, 0.1) is 13.4 Å². The van der Waals surface area contributed by atoms with E-state index >= 15 is 0 Å². The van der Waals surface area contributed by atoms with Crippen LogP contribution in [0.15, 0.2) is 11.1 Å². The Morgan fingerprint density at radius 2 is 2.47 bits per heavy atom. The molecule has 6 heteroatoms. The third-order valence-electron chi connectivity index (χ3n) is 3.17. The van der Waals surface area contributed by atoms with Crippen molar-refractivity contribution in [3.63, 3.8) is 0 Å². The standard InChI is InChI=1S/C11H18N4O2/c1-17-9-10(13-7-14-11(9)16)15-5-3-2-4-8(15)6-12/h7-8H,2-6,12H2,1H3,(H,13,14,16). The first-order valence-corrected chi connectivity index (χ1v) is 5.86. The lowest BCUT2D eigenvalue weighted by Gasteiger charge is -2.36. The second-order valence-electron chi connectivity index (χ2n) is 4.17. The van der Waals surface area contributed by atoms with Gasteiger partial charge in [-0.2, -0.15) is 0 Å². The summed E-state index contributed by atoms with van der Waals surface area (Å²) in [4.78, 5) is 20.4. The van der Waals surface area contributed by atoms with E-state index in [9.17, 15) is 4.79 Å². The summed E-state index contributed by atoms with van der Waals surface area (Å²) in [5.74, 6) is 0.874. The highest BCUT2D eigenvalue weighted by atomic mass is 16.5. The first kappa shape index (κ1) is 11.9. The summed E-state index contributed by atoms with van der Waals surface area (Å²) in [6.07, 6.45) is 4.70. The number of H-pyrrole nitrogens is 1. The molecule has 1 fully saturated rings. The molecule has 1 aliphatic heterocycles. The zero-order valence-electron chi connectivity index (χ0n) is 9.98. The van der Waals surface area contributed by atoms with Gasteiger partial charge in [-0.05, 0) is 19.3 Å². The molecule has 2 heterocycles. The summed E-state index contributed by atoms with van der Waals surface area (Å²) in [6.45, 7) is 1.44. The van der Waals surface area contributed by atoms with Gasteiger partial charge in [-0.1, -0.05) is 0 Å². The van der Waals surface area contributed by atoms with Crippen LogP contribution >= 0.6 is 0 Å². The predicted molar refractivity (Wildman–Crippen MR) is 65.4 cm³/mol. The van der Waals surface area contributed by atoms with Gasteiger partial charge in [0.15, 0.2) is 5.82 Å². The Kier molecular flexibility index (Phi) is 3.63. The Morgan fingerprint density at radius 1 is 1.65 bits per heavy atom. The van der Waals surface area contributed by atoms with Crippen LogP contribution < -0.4 is 20.9 Å². The van der Waals surface area contributed by atoms with Crippen LogP contribution in [0.3, 0.4) is 0 Å². The molecule has 0 amide bonds. The van der Waals surface area contributed by atoms with Crippen molar-refractivity contribution < 1.29 is 4.74 Å². The first-order chi connectivity index (χ1) is 8.27. The largest absolute Gasteiger partial charge is 0.489 e. The second-order valence-corrected chi connectivity index (χ2v) is 4.17. The number of nitrogens with two attached hydrogens (primary N) is 1. The smallest absolute Gasteiger partial charge is 0.295 e. The zero-order valence-corrected chi connectivity index (χ0v) is 9.98. The van der Waals surface area contributed by atoms with Gasteiger partial charge in [-0.25, -0.2) is 4.98 Å². The van der Waals surface area contributed by atoms with Crippen LogP contribution in [-0.4, -0.2) is 36.2 Å². The molecule has 0 aromatic carbocycles. The third-order valence-corrected chi connectivity index (χ3v) is 3.17. The number of anilines is 1. The van der Waals surface area contributed by atoms with E-state index in [1.165, 1.54) is 19.9 Å². The van der Waals surface area contributed by atoms with Crippen molar-refractivity contribution in [2.24, 2.45) is 5.73 Å². The lowest BCUT2D eigenvalue weighted by atomic mass is 10.0. The summed E-state index contributed by atoms with van der Waals surface area (Å²) in [7, 11) is 1.48. The molecule has 0 radical (unpaired) electrons. The van der Waals surface area contributed by atoms with Gasteiger partial charge >= 0.3 is 0 Å². The van der Waals surface area contributed by atoms with Crippen molar-refractivity contribution in [3.05, 3.63) is 16.7 Å². The van der Waals surface area contributed by atoms with E-state index in [1.807, 2.05) is 0 Å². The van der Waals surface area contributed by atoms with Gasteiger partial charge in [0.25, 0.3) is 5.56 Å². The monoisotopic (exact) mass is 238 g/mol. The van der Waals surface area contributed by atoms with Gasteiger partial charge < -0.3 is 20.4 Å². The number of rotatable bonds is 3. The zero-order chi connectivity index (χ0) is 12.3. The van der Waals surface area contributed by atoms with Crippen molar-refractivity contribution >= 4 is 5.82 Å². The molecule has 1 saturated heterocycles. The van der Waals surface area contributed by atoms with E-state index in [0.29, 0.717) is 12.4 Å². The number of piperidine rings is 1. The molecule has 1 aromatic heterocycles. The minimum atomic E-state index is -0.251. The van der Waals surface area contributed by atoms with Gasteiger partial charge in [0.1, 0.15) is 0 Å². The number of hydrogen-bond donors (Lipinski definition) is 2. The van der Waals surface area contributed by atoms with Crippen LogP contribution in [0, 0.1) is 0 Å². The van der Waals surface area contributed by atoms with Gasteiger partial charge in [0.2, 0.25) is 5.75 Å². The quantitative estimate of drug-likeness (QED) is 0.780. The average Bonchev–Trinajstić information content (AvgIpc) is 2.38. The molecule has 0 saturated carbocycles. The van der Waals surface area contributed by atoms with E-state index in [4.69, 9.17) is 10.5 Å².